The molecule has 0 aromatic heterocycles. The van der Waals surface area contributed by atoms with E-state index in [1.807, 2.05) is 0 Å². The van der Waals surface area contributed by atoms with Crippen LogP contribution >= 0.6 is 34.4 Å². The van der Waals surface area contributed by atoms with E-state index in [2.05, 4.69) is 34.4 Å². The molecule has 1 saturated carbocycles. The minimum Gasteiger partial charge on any atom is -0.328 e. The Morgan fingerprint density at radius 2 is 1.90 bits per heavy atom. The molecule has 1 aliphatic carbocycles. The van der Waals surface area contributed by atoms with Crippen molar-refractivity contribution < 1.29 is 0 Å². The molecule has 0 radical (unpaired) electrons. The fraction of sp³-hybridized carbons (Fsp3) is 1.00. The summed E-state index contributed by atoms with van der Waals surface area (Å²) < 4.78 is 1.23. The first kappa shape index (κ1) is 9.13. The number of hydrogen-bond donors (Lipinski definition) is 1. The molecule has 0 saturated heterocycles. The lowest BCUT2D eigenvalue weighted by molar-refractivity contribution is 0.451. The highest BCUT2D eigenvalue weighted by Gasteiger charge is 2.17. The first-order chi connectivity index (χ1) is 4.83. The summed E-state index contributed by atoms with van der Waals surface area (Å²) in [6.45, 7) is 0. The van der Waals surface area contributed by atoms with Crippen LogP contribution in [0.2, 0.25) is 0 Å². The zero-order valence-corrected chi connectivity index (χ0v) is 9.03. The van der Waals surface area contributed by atoms with Gasteiger partial charge in [-0.2, -0.15) is 0 Å². The van der Waals surface area contributed by atoms with Crippen LogP contribution in [0.15, 0.2) is 0 Å². The molecule has 0 heterocycles. The molecular formula is C7H14INS. The first-order valence-electron chi connectivity index (χ1n) is 3.76. The standard InChI is InChI=1S/C7H14INS/c8-5-10-7-3-1-6(9)2-4-7/h6-7H,1-5,9H2. The van der Waals surface area contributed by atoms with Crippen molar-refractivity contribution in [2.75, 3.05) is 3.76 Å². The van der Waals surface area contributed by atoms with Crippen LogP contribution in [0.25, 0.3) is 0 Å². The fourth-order valence-corrected chi connectivity index (χ4v) is 3.65. The number of nitrogens with two attached hydrogens (primary N) is 1. The molecule has 0 spiro atoms. The Morgan fingerprint density at radius 1 is 1.30 bits per heavy atom. The first-order valence-corrected chi connectivity index (χ1v) is 6.33. The largest absolute Gasteiger partial charge is 0.328 e. The maximum atomic E-state index is 5.78. The van der Waals surface area contributed by atoms with Gasteiger partial charge < -0.3 is 5.73 Å². The average Bonchev–Trinajstić information content (AvgIpc) is 1.95. The number of halogens is 1. The van der Waals surface area contributed by atoms with Gasteiger partial charge >= 0.3 is 0 Å². The topological polar surface area (TPSA) is 26.0 Å². The summed E-state index contributed by atoms with van der Waals surface area (Å²) in [6.07, 6.45) is 5.17. The molecule has 10 heavy (non-hydrogen) atoms. The highest BCUT2D eigenvalue weighted by atomic mass is 127. The van der Waals surface area contributed by atoms with Crippen LogP contribution in [0.4, 0.5) is 0 Å². The molecule has 0 unspecified atom stereocenters. The Labute approximate surface area is 80.6 Å². The predicted molar refractivity (Wildman–Crippen MR) is 56.7 cm³/mol. The summed E-state index contributed by atoms with van der Waals surface area (Å²) >= 11 is 4.51. The zero-order valence-electron chi connectivity index (χ0n) is 6.05. The molecular weight excluding hydrogens is 257 g/mol. The molecule has 1 fully saturated rings. The molecule has 0 aliphatic heterocycles. The van der Waals surface area contributed by atoms with Gasteiger partial charge in [0.25, 0.3) is 0 Å². The third-order valence-electron chi connectivity index (χ3n) is 2.02. The molecule has 0 aromatic rings. The third kappa shape index (κ3) is 2.96. The Bertz CT molecular complexity index is 91.6. The number of hydrogen-bond acceptors (Lipinski definition) is 2. The Hall–Kier alpha value is 1.04. The molecule has 0 bridgehead atoms. The number of alkyl halides is 1. The van der Waals surface area contributed by atoms with Gasteiger partial charge in [-0.3, -0.25) is 0 Å². The Balaban J connectivity index is 2.13. The summed E-state index contributed by atoms with van der Waals surface area (Å²) in [5, 5.41) is 0.914. The van der Waals surface area contributed by atoms with E-state index in [1.165, 1.54) is 29.4 Å². The van der Waals surface area contributed by atoms with Gasteiger partial charge in [0.05, 0.1) is 0 Å². The second-order valence-electron chi connectivity index (χ2n) is 2.81. The summed E-state index contributed by atoms with van der Waals surface area (Å²) in [7, 11) is 0. The SMILES string of the molecule is NC1CCC(SCI)CC1. The van der Waals surface area contributed by atoms with Gasteiger partial charge in [-0.25, -0.2) is 0 Å². The summed E-state index contributed by atoms with van der Waals surface area (Å²) in [5.41, 5.74) is 5.78. The van der Waals surface area contributed by atoms with E-state index >= 15 is 0 Å². The second-order valence-corrected chi connectivity index (χ2v) is 5.90. The summed E-state index contributed by atoms with van der Waals surface area (Å²) in [6, 6.07) is 0.506. The van der Waals surface area contributed by atoms with Crippen molar-refractivity contribution in [1.82, 2.24) is 0 Å². The van der Waals surface area contributed by atoms with Crippen molar-refractivity contribution in [3.05, 3.63) is 0 Å². The molecule has 0 amide bonds. The van der Waals surface area contributed by atoms with Gasteiger partial charge in [-0.15, -0.1) is 11.8 Å². The van der Waals surface area contributed by atoms with Gasteiger partial charge in [-0.1, -0.05) is 22.6 Å². The van der Waals surface area contributed by atoms with Gasteiger partial charge in [-0.05, 0) is 25.7 Å². The number of thioether (sulfide) groups is 1. The number of rotatable bonds is 2. The molecule has 2 N–H and O–H groups in total. The minimum atomic E-state index is 0.506. The molecule has 3 heteroatoms. The lowest BCUT2D eigenvalue weighted by atomic mass is 9.96. The second kappa shape index (κ2) is 4.83. The Kier molecular flexibility index (Phi) is 4.41. The van der Waals surface area contributed by atoms with E-state index < -0.39 is 0 Å². The van der Waals surface area contributed by atoms with Crippen molar-refractivity contribution in [2.45, 2.75) is 37.0 Å². The Morgan fingerprint density at radius 3 is 2.40 bits per heavy atom. The highest BCUT2D eigenvalue weighted by molar-refractivity contribution is 14.1. The molecule has 0 aromatic carbocycles. The van der Waals surface area contributed by atoms with Gasteiger partial charge in [0.2, 0.25) is 0 Å². The van der Waals surface area contributed by atoms with E-state index in [4.69, 9.17) is 5.73 Å². The lowest BCUT2D eigenvalue weighted by Crippen LogP contribution is -2.27. The molecule has 1 rings (SSSR count). The zero-order chi connectivity index (χ0) is 7.40. The van der Waals surface area contributed by atoms with Crippen LogP contribution in [0.1, 0.15) is 25.7 Å². The van der Waals surface area contributed by atoms with Gasteiger partial charge in [0, 0.05) is 15.1 Å². The van der Waals surface area contributed by atoms with Crippen molar-refractivity contribution >= 4 is 34.4 Å². The maximum absolute atomic E-state index is 5.78. The van der Waals surface area contributed by atoms with E-state index in [0.29, 0.717) is 6.04 Å². The highest BCUT2D eigenvalue weighted by Crippen LogP contribution is 2.28. The van der Waals surface area contributed by atoms with Crippen LogP contribution in [-0.2, 0) is 0 Å². The molecule has 1 nitrogen and oxygen atoms in total. The third-order valence-corrected chi connectivity index (χ3v) is 4.17. The predicted octanol–water partition coefficient (Wildman–Crippen LogP) is 2.38. The average molecular weight is 271 g/mol. The quantitative estimate of drug-likeness (QED) is 0.616. The summed E-state index contributed by atoms with van der Waals surface area (Å²) in [4.78, 5) is 0. The minimum absolute atomic E-state index is 0.506. The van der Waals surface area contributed by atoms with E-state index in [0.717, 1.165) is 5.25 Å². The van der Waals surface area contributed by atoms with Crippen LogP contribution in [0, 0.1) is 0 Å². The van der Waals surface area contributed by atoms with Crippen molar-refractivity contribution in [2.24, 2.45) is 5.73 Å². The monoisotopic (exact) mass is 271 g/mol. The lowest BCUT2D eigenvalue weighted by Gasteiger charge is -2.24. The molecule has 1 aliphatic rings. The molecule has 0 atom stereocenters. The smallest absolute Gasteiger partial charge is 0.0457 e. The van der Waals surface area contributed by atoms with Crippen LogP contribution in [0.5, 0.6) is 0 Å². The van der Waals surface area contributed by atoms with Crippen molar-refractivity contribution in [1.29, 1.82) is 0 Å². The maximum Gasteiger partial charge on any atom is 0.0457 e. The van der Waals surface area contributed by atoms with E-state index in [9.17, 15) is 0 Å². The van der Waals surface area contributed by atoms with Crippen LogP contribution in [-0.4, -0.2) is 15.1 Å². The molecule has 60 valence electrons. The van der Waals surface area contributed by atoms with Gasteiger partial charge in [0.1, 0.15) is 0 Å². The van der Waals surface area contributed by atoms with E-state index in [-0.39, 0.29) is 0 Å². The van der Waals surface area contributed by atoms with Crippen molar-refractivity contribution in [3.8, 4) is 0 Å². The normalized spacial score (nSPS) is 34.2. The van der Waals surface area contributed by atoms with Gasteiger partial charge in [0.15, 0.2) is 0 Å². The van der Waals surface area contributed by atoms with E-state index in [1.54, 1.807) is 0 Å². The van der Waals surface area contributed by atoms with Crippen LogP contribution in [0.3, 0.4) is 0 Å². The van der Waals surface area contributed by atoms with Crippen LogP contribution < -0.4 is 5.73 Å². The summed E-state index contributed by atoms with van der Waals surface area (Å²) in [5.74, 6) is 0. The van der Waals surface area contributed by atoms with Crippen molar-refractivity contribution in [3.63, 3.8) is 0 Å². The fourth-order valence-electron chi connectivity index (χ4n) is 1.34.